The second-order valence-corrected chi connectivity index (χ2v) is 6.55. The molecule has 1 aromatic rings. The molecule has 2 fully saturated rings. The largest absolute Gasteiger partial charge is 0.338 e. The van der Waals surface area contributed by atoms with Crippen LogP contribution >= 0.6 is 0 Å². The van der Waals surface area contributed by atoms with Gasteiger partial charge in [-0.2, -0.15) is 0 Å². The molecule has 1 saturated carbocycles. The standard InChI is InChI=1S/C17H22F2N2O/c1-10(20)15-7-2-3-8-21(15)17(22)13-9-12(13)11-5-4-6-14(18)16(11)19/h4-6,10,12-13,15H,2-3,7-9,20H2,1H3/t10-,12-,13+,15-/m0/s1. The van der Waals surface area contributed by atoms with E-state index in [0.29, 0.717) is 12.0 Å². The number of hydrogen-bond acceptors (Lipinski definition) is 2. The predicted molar refractivity (Wildman–Crippen MR) is 80.2 cm³/mol. The van der Waals surface area contributed by atoms with Crippen LogP contribution in [0.2, 0.25) is 0 Å². The molecule has 2 N–H and O–H groups in total. The van der Waals surface area contributed by atoms with E-state index >= 15 is 0 Å². The van der Waals surface area contributed by atoms with Crippen LogP contribution in [0.1, 0.15) is 44.1 Å². The van der Waals surface area contributed by atoms with E-state index in [2.05, 4.69) is 0 Å². The van der Waals surface area contributed by atoms with Crippen LogP contribution in [0.15, 0.2) is 18.2 Å². The van der Waals surface area contributed by atoms with Crippen molar-refractivity contribution in [1.82, 2.24) is 4.90 Å². The highest BCUT2D eigenvalue weighted by atomic mass is 19.2. The molecule has 0 spiro atoms. The maximum Gasteiger partial charge on any atom is 0.226 e. The summed E-state index contributed by atoms with van der Waals surface area (Å²) in [6.07, 6.45) is 3.60. The van der Waals surface area contributed by atoms with E-state index in [0.717, 1.165) is 31.9 Å². The summed E-state index contributed by atoms with van der Waals surface area (Å²) < 4.78 is 27.2. The van der Waals surface area contributed by atoms with Gasteiger partial charge in [0.05, 0.1) is 0 Å². The fourth-order valence-corrected chi connectivity index (χ4v) is 3.61. The summed E-state index contributed by atoms with van der Waals surface area (Å²) in [7, 11) is 0. The van der Waals surface area contributed by atoms with E-state index in [1.54, 1.807) is 6.07 Å². The van der Waals surface area contributed by atoms with Crippen LogP contribution in [0.5, 0.6) is 0 Å². The number of carbonyl (C=O) groups excluding carboxylic acids is 1. The Morgan fingerprint density at radius 1 is 1.36 bits per heavy atom. The number of halogens is 2. The molecule has 0 unspecified atom stereocenters. The van der Waals surface area contributed by atoms with Crippen molar-refractivity contribution >= 4 is 5.91 Å². The molecule has 3 nitrogen and oxygen atoms in total. The average molecular weight is 308 g/mol. The fourth-order valence-electron chi connectivity index (χ4n) is 3.61. The van der Waals surface area contributed by atoms with Gasteiger partial charge in [0.1, 0.15) is 0 Å². The number of nitrogens with two attached hydrogens (primary N) is 1. The molecule has 0 aromatic heterocycles. The molecule has 0 radical (unpaired) electrons. The van der Waals surface area contributed by atoms with E-state index in [4.69, 9.17) is 5.73 Å². The van der Waals surface area contributed by atoms with Gasteiger partial charge in [-0.15, -0.1) is 0 Å². The summed E-state index contributed by atoms with van der Waals surface area (Å²) in [5, 5.41) is 0. The molecule has 120 valence electrons. The molecule has 5 heteroatoms. The summed E-state index contributed by atoms with van der Waals surface area (Å²) in [5.41, 5.74) is 6.33. The van der Waals surface area contributed by atoms with Crippen LogP contribution in [-0.4, -0.2) is 29.4 Å². The predicted octanol–water partition coefficient (Wildman–Crippen LogP) is 2.80. The Bertz CT molecular complexity index is 576. The zero-order valence-electron chi connectivity index (χ0n) is 12.8. The molecule has 0 bridgehead atoms. The Morgan fingerprint density at radius 3 is 2.86 bits per heavy atom. The number of likely N-dealkylation sites (tertiary alicyclic amines) is 1. The highest BCUT2D eigenvalue weighted by molar-refractivity contribution is 5.83. The van der Waals surface area contributed by atoms with Crippen molar-refractivity contribution in [3.05, 3.63) is 35.4 Å². The second kappa shape index (κ2) is 5.95. The van der Waals surface area contributed by atoms with Crippen LogP contribution in [0.3, 0.4) is 0 Å². The van der Waals surface area contributed by atoms with Crippen molar-refractivity contribution in [2.75, 3.05) is 6.54 Å². The molecule has 2 aliphatic rings. The SMILES string of the molecule is C[C@H](N)[C@@H]1CCCCN1C(=O)[C@@H]1C[C@H]1c1cccc(F)c1F. The molecule has 3 rings (SSSR count). The normalized spacial score (nSPS) is 29.3. The third-order valence-corrected chi connectivity index (χ3v) is 4.93. The van der Waals surface area contributed by atoms with Crippen molar-refractivity contribution in [2.24, 2.45) is 11.7 Å². The maximum absolute atomic E-state index is 13.9. The number of piperidine rings is 1. The van der Waals surface area contributed by atoms with Crippen LogP contribution < -0.4 is 5.73 Å². The lowest BCUT2D eigenvalue weighted by molar-refractivity contribution is -0.136. The molecule has 1 aromatic carbocycles. The Morgan fingerprint density at radius 2 is 2.14 bits per heavy atom. The van der Waals surface area contributed by atoms with Crippen LogP contribution in [0.4, 0.5) is 8.78 Å². The molecular formula is C17H22F2N2O. The van der Waals surface area contributed by atoms with E-state index in [9.17, 15) is 13.6 Å². The number of rotatable bonds is 3. The quantitative estimate of drug-likeness (QED) is 0.933. The fraction of sp³-hybridized carbons (Fsp3) is 0.588. The van der Waals surface area contributed by atoms with Gasteiger partial charge in [0.25, 0.3) is 0 Å². The monoisotopic (exact) mass is 308 g/mol. The summed E-state index contributed by atoms with van der Waals surface area (Å²) >= 11 is 0. The van der Waals surface area contributed by atoms with Crippen LogP contribution in [0.25, 0.3) is 0 Å². The van der Waals surface area contributed by atoms with E-state index in [1.165, 1.54) is 6.07 Å². The lowest BCUT2D eigenvalue weighted by Gasteiger charge is -2.38. The van der Waals surface area contributed by atoms with Gasteiger partial charge >= 0.3 is 0 Å². The number of hydrogen-bond donors (Lipinski definition) is 1. The van der Waals surface area contributed by atoms with E-state index in [-0.39, 0.29) is 29.8 Å². The van der Waals surface area contributed by atoms with Gasteiger partial charge < -0.3 is 10.6 Å². The lowest BCUT2D eigenvalue weighted by Crippen LogP contribution is -2.52. The van der Waals surface area contributed by atoms with Crippen LogP contribution in [0, 0.1) is 17.6 Å². The Hall–Kier alpha value is -1.49. The summed E-state index contributed by atoms with van der Waals surface area (Å²) in [6.45, 7) is 2.65. The first kappa shape index (κ1) is 15.4. The summed E-state index contributed by atoms with van der Waals surface area (Å²) in [6, 6.07) is 4.19. The molecule has 1 saturated heterocycles. The molecule has 4 atom stereocenters. The molecule has 1 amide bonds. The average Bonchev–Trinajstić information content (AvgIpc) is 3.29. The van der Waals surface area contributed by atoms with Crippen molar-refractivity contribution < 1.29 is 13.6 Å². The number of amides is 1. The second-order valence-electron chi connectivity index (χ2n) is 6.55. The minimum Gasteiger partial charge on any atom is -0.338 e. The first-order chi connectivity index (χ1) is 10.5. The lowest BCUT2D eigenvalue weighted by atomic mass is 9.96. The molecule has 1 aliphatic heterocycles. The van der Waals surface area contributed by atoms with Gasteiger partial charge in [0.15, 0.2) is 11.6 Å². The van der Waals surface area contributed by atoms with Gasteiger partial charge in [-0.3, -0.25) is 4.79 Å². The highest BCUT2D eigenvalue weighted by Gasteiger charge is 2.48. The Kier molecular flexibility index (Phi) is 4.17. The zero-order chi connectivity index (χ0) is 15.9. The third kappa shape index (κ3) is 2.74. The van der Waals surface area contributed by atoms with Crippen molar-refractivity contribution in [3.63, 3.8) is 0 Å². The van der Waals surface area contributed by atoms with Crippen molar-refractivity contribution in [2.45, 2.75) is 50.6 Å². The van der Waals surface area contributed by atoms with E-state index < -0.39 is 11.6 Å². The van der Waals surface area contributed by atoms with Crippen molar-refractivity contribution in [1.29, 1.82) is 0 Å². The molecule has 1 aliphatic carbocycles. The van der Waals surface area contributed by atoms with Gasteiger partial charge in [0, 0.05) is 24.5 Å². The minimum atomic E-state index is -0.845. The van der Waals surface area contributed by atoms with Gasteiger partial charge in [0.2, 0.25) is 5.91 Å². The topological polar surface area (TPSA) is 46.3 Å². The Labute approximate surface area is 129 Å². The summed E-state index contributed by atoms with van der Waals surface area (Å²) in [4.78, 5) is 14.6. The zero-order valence-corrected chi connectivity index (χ0v) is 12.8. The van der Waals surface area contributed by atoms with Gasteiger partial charge in [-0.1, -0.05) is 12.1 Å². The number of nitrogens with zero attached hydrogens (tertiary/aromatic N) is 1. The third-order valence-electron chi connectivity index (χ3n) is 4.93. The first-order valence-electron chi connectivity index (χ1n) is 8.00. The van der Waals surface area contributed by atoms with Gasteiger partial charge in [-0.25, -0.2) is 8.78 Å². The Balaban J connectivity index is 1.73. The minimum absolute atomic E-state index is 0.0515. The summed E-state index contributed by atoms with van der Waals surface area (Å²) in [5.74, 6) is -2.03. The number of benzene rings is 1. The van der Waals surface area contributed by atoms with E-state index in [1.807, 2.05) is 11.8 Å². The number of carbonyl (C=O) groups is 1. The van der Waals surface area contributed by atoms with Crippen molar-refractivity contribution in [3.8, 4) is 0 Å². The smallest absolute Gasteiger partial charge is 0.226 e. The first-order valence-corrected chi connectivity index (χ1v) is 8.00. The maximum atomic E-state index is 13.9. The van der Waals surface area contributed by atoms with Gasteiger partial charge in [-0.05, 0) is 50.2 Å². The molecule has 22 heavy (non-hydrogen) atoms. The molecular weight excluding hydrogens is 286 g/mol. The molecule has 1 heterocycles. The highest BCUT2D eigenvalue weighted by Crippen LogP contribution is 2.50. The van der Waals surface area contributed by atoms with Crippen LogP contribution in [-0.2, 0) is 4.79 Å².